The number of ether oxygens (including phenoxy) is 2. The quantitative estimate of drug-likeness (QED) is 0.712. The molecular formula is C22H27NO4. The van der Waals surface area contributed by atoms with Crippen molar-refractivity contribution in [1.29, 1.82) is 0 Å². The Balaban J connectivity index is 2.02. The van der Waals surface area contributed by atoms with Crippen LogP contribution in [0.15, 0.2) is 54.6 Å². The predicted molar refractivity (Wildman–Crippen MR) is 105 cm³/mol. The van der Waals surface area contributed by atoms with Crippen molar-refractivity contribution in [3.63, 3.8) is 0 Å². The van der Waals surface area contributed by atoms with E-state index in [0.717, 1.165) is 16.7 Å². The van der Waals surface area contributed by atoms with Crippen LogP contribution in [0.1, 0.15) is 26.3 Å². The average molecular weight is 369 g/mol. The highest BCUT2D eigenvalue weighted by Gasteiger charge is 2.24. The number of hydrogen-bond donors (Lipinski definition) is 0. The van der Waals surface area contributed by atoms with Crippen LogP contribution in [0, 0.1) is 0 Å². The largest absolute Gasteiger partial charge is 0.468 e. The van der Waals surface area contributed by atoms with E-state index in [2.05, 4.69) is 29.0 Å². The zero-order chi connectivity index (χ0) is 19.9. The zero-order valence-corrected chi connectivity index (χ0v) is 16.4. The van der Waals surface area contributed by atoms with Crippen molar-refractivity contribution in [3.8, 4) is 11.1 Å². The van der Waals surface area contributed by atoms with Gasteiger partial charge in [0.1, 0.15) is 12.1 Å². The minimum absolute atomic E-state index is 0.131. The first-order valence-corrected chi connectivity index (χ1v) is 8.97. The van der Waals surface area contributed by atoms with E-state index in [0.29, 0.717) is 13.0 Å². The molecule has 0 saturated carbocycles. The summed E-state index contributed by atoms with van der Waals surface area (Å²) in [6.07, 6.45) is 0.0968. The van der Waals surface area contributed by atoms with Gasteiger partial charge in [0, 0.05) is 6.54 Å². The molecule has 5 nitrogen and oxygen atoms in total. The van der Waals surface area contributed by atoms with Crippen LogP contribution < -0.4 is 0 Å². The van der Waals surface area contributed by atoms with Crippen molar-refractivity contribution >= 4 is 12.1 Å². The summed E-state index contributed by atoms with van der Waals surface area (Å²) in [5.41, 5.74) is 2.75. The fraction of sp³-hybridized carbons (Fsp3) is 0.364. The molecule has 2 rings (SSSR count). The Morgan fingerprint density at radius 2 is 1.52 bits per heavy atom. The second kappa shape index (κ2) is 9.21. The molecule has 27 heavy (non-hydrogen) atoms. The number of carbonyl (C=O) groups excluding carboxylic acids is 2. The van der Waals surface area contributed by atoms with E-state index < -0.39 is 17.7 Å². The van der Waals surface area contributed by atoms with E-state index in [1.807, 2.05) is 30.3 Å². The summed E-state index contributed by atoms with van der Waals surface area (Å²) < 4.78 is 10.1. The number of benzene rings is 2. The molecule has 5 heteroatoms. The third kappa shape index (κ3) is 6.77. The Labute approximate surface area is 160 Å². The SMILES string of the molecule is COC(=O)CN(CCc1ccc(-c2ccccc2)cc1)C(=O)OC(C)(C)C. The van der Waals surface area contributed by atoms with Gasteiger partial charge in [-0.15, -0.1) is 0 Å². The van der Waals surface area contributed by atoms with Gasteiger partial charge in [-0.2, -0.15) is 0 Å². The van der Waals surface area contributed by atoms with E-state index >= 15 is 0 Å². The lowest BCUT2D eigenvalue weighted by molar-refractivity contribution is -0.141. The minimum atomic E-state index is -0.622. The molecule has 0 heterocycles. The lowest BCUT2D eigenvalue weighted by Crippen LogP contribution is -2.41. The van der Waals surface area contributed by atoms with Crippen LogP contribution in [0.2, 0.25) is 0 Å². The standard InChI is InChI=1S/C22H27NO4/c1-22(2,3)27-21(25)23(16-20(24)26-4)15-14-17-10-12-19(13-11-17)18-8-6-5-7-9-18/h5-13H,14-16H2,1-4H3. The molecule has 0 atom stereocenters. The molecule has 2 aromatic carbocycles. The summed E-state index contributed by atoms with van der Waals surface area (Å²) in [6, 6.07) is 18.3. The molecule has 0 saturated heterocycles. The lowest BCUT2D eigenvalue weighted by atomic mass is 10.0. The number of amides is 1. The van der Waals surface area contributed by atoms with Crippen molar-refractivity contribution in [2.45, 2.75) is 32.8 Å². The molecule has 0 fully saturated rings. The molecule has 0 spiro atoms. The molecule has 0 radical (unpaired) electrons. The van der Waals surface area contributed by atoms with E-state index in [1.165, 1.54) is 12.0 Å². The van der Waals surface area contributed by atoms with Crippen LogP contribution in [0.25, 0.3) is 11.1 Å². The predicted octanol–water partition coefficient (Wildman–Crippen LogP) is 4.31. The van der Waals surface area contributed by atoms with Gasteiger partial charge in [0.15, 0.2) is 0 Å². The van der Waals surface area contributed by atoms with Crippen molar-refractivity contribution in [2.75, 3.05) is 20.2 Å². The molecular weight excluding hydrogens is 342 g/mol. The van der Waals surface area contributed by atoms with Gasteiger partial charge in [-0.3, -0.25) is 9.69 Å². The Bertz CT molecular complexity index is 748. The molecule has 2 aromatic rings. The highest BCUT2D eigenvalue weighted by Crippen LogP contribution is 2.19. The van der Waals surface area contributed by atoms with Crippen LogP contribution in [0.4, 0.5) is 4.79 Å². The normalized spacial score (nSPS) is 11.0. The van der Waals surface area contributed by atoms with Gasteiger partial charge in [0.2, 0.25) is 0 Å². The van der Waals surface area contributed by atoms with Gasteiger partial charge >= 0.3 is 12.1 Å². The first-order valence-electron chi connectivity index (χ1n) is 8.97. The van der Waals surface area contributed by atoms with Crippen LogP contribution in [-0.2, 0) is 20.7 Å². The number of esters is 1. The number of rotatable bonds is 6. The summed E-state index contributed by atoms with van der Waals surface area (Å²) >= 11 is 0. The van der Waals surface area contributed by atoms with Crippen molar-refractivity contribution in [2.24, 2.45) is 0 Å². The summed E-state index contributed by atoms with van der Waals surface area (Å²) in [4.78, 5) is 25.4. The highest BCUT2D eigenvalue weighted by atomic mass is 16.6. The fourth-order valence-corrected chi connectivity index (χ4v) is 2.54. The van der Waals surface area contributed by atoms with Crippen LogP contribution >= 0.6 is 0 Å². The van der Waals surface area contributed by atoms with E-state index in [1.54, 1.807) is 20.8 Å². The first-order chi connectivity index (χ1) is 12.8. The van der Waals surface area contributed by atoms with Crippen LogP contribution in [0.3, 0.4) is 0 Å². The molecule has 0 bridgehead atoms. The number of nitrogens with zero attached hydrogens (tertiary/aromatic N) is 1. The number of carbonyl (C=O) groups is 2. The molecule has 0 unspecified atom stereocenters. The van der Waals surface area contributed by atoms with Crippen molar-refractivity contribution in [1.82, 2.24) is 4.90 Å². The number of methoxy groups -OCH3 is 1. The van der Waals surface area contributed by atoms with Gasteiger partial charge < -0.3 is 9.47 Å². The Kier molecular flexibility index (Phi) is 6.99. The van der Waals surface area contributed by atoms with Crippen LogP contribution in [0.5, 0.6) is 0 Å². The monoisotopic (exact) mass is 369 g/mol. The summed E-state index contributed by atoms with van der Waals surface area (Å²) in [6.45, 7) is 5.62. The van der Waals surface area contributed by atoms with Gasteiger partial charge in [0.05, 0.1) is 7.11 Å². The second-order valence-corrected chi connectivity index (χ2v) is 7.29. The molecule has 0 aliphatic heterocycles. The maximum atomic E-state index is 12.4. The zero-order valence-electron chi connectivity index (χ0n) is 16.4. The van der Waals surface area contributed by atoms with Crippen molar-refractivity contribution in [3.05, 3.63) is 60.2 Å². The fourth-order valence-electron chi connectivity index (χ4n) is 2.54. The minimum Gasteiger partial charge on any atom is -0.468 e. The Hall–Kier alpha value is -2.82. The van der Waals surface area contributed by atoms with E-state index in [-0.39, 0.29) is 6.54 Å². The number of hydrogen-bond acceptors (Lipinski definition) is 4. The van der Waals surface area contributed by atoms with Gasteiger partial charge in [-0.05, 0) is 43.9 Å². The maximum Gasteiger partial charge on any atom is 0.410 e. The van der Waals surface area contributed by atoms with E-state index in [9.17, 15) is 9.59 Å². The molecule has 0 aromatic heterocycles. The third-order valence-corrected chi connectivity index (χ3v) is 3.93. The lowest BCUT2D eigenvalue weighted by Gasteiger charge is -2.26. The van der Waals surface area contributed by atoms with Crippen molar-refractivity contribution < 1.29 is 19.1 Å². The first kappa shape index (κ1) is 20.5. The maximum absolute atomic E-state index is 12.4. The van der Waals surface area contributed by atoms with E-state index in [4.69, 9.17) is 4.74 Å². The highest BCUT2D eigenvalue weighted by molar-refractivity contribution is 5.78. The summed E-state index contributed by atoms with van der Waals surface area (Å²) in [7, 11) is 1.30. The summed E-state index contributed by atoms with van der Waals surface area (Å²) in [5.74, 6) is -0.472. The molecule has 0 N–H and O–H groups in total. The molecule has 1 amide bonds. The van der Waals surface area contributed by atoms with Gasteiger partial charge in [0.25, 0.3) is 0 Å². The third-order valence-electron chi connectivity index (χ3n) is 3.93. The Morgan fingerprint density at radius 1 is 0.926 bits per heavy atom. The Morgan fingerprint density at radius 3 is 2.07 bits per heavy atom. The summed E-state index contributed by atoms with van der Waals surface area (Å²) in [5, 5.41) is 0. The molecule has 0 aliphatic rings. The van der Waals surface area contributed by atoms with Gasteiger partial charge in [-0.1, -0.05) is 54.6 Å². The molecule has 0 aliphatic carbocycles. The smallest absolute Gasteiger partial charge is 0.410 e. The average Bonchev–Trinajstić information content (AvgIpc) is 2.64. The van der Waals surface area contributed by atoms with Crippen LogP contribution in [-0.4, -0.2) is 42.8 Å². The topological polar surface area (TPSA) is 55.8 Å². The molecule has 144 valence electrons. The second-order valence-electron chi connectivity index (χ2n) is 7.29. The van der Waals surface area contributed by atoms with Gasteiger partial charge in [-0.25, -0.2) is 4.79 Å².